The number of ether oxygens (including phenoxy) is 1. The Morgan fingerprint density at radius 1 is 0.805 bits per heavy atom. The third kappa shape index (κ3) is 20.3. The molecule has 8 amide bonds. The molecule has 1 aromatic carbocycles. The molecule has 0 spiro atoms. The number of nitrogens with zero attached hydrogens (tertiary/aromatic N) is 1. The van der Waals surface area contributed by atoms with Gasteiger partial charge in [0.15, 0.2) is 17.3 Å². The van der Waals surface area contributed by atoms with Crippen LogP contribution in [-0.2, 0) is 84.7 Å². The molecule has 11 N–H and O–H groups in total. The summed E-state index contributed by atoms with van der Waals surface area (Å²) in [5, 5.41) is 48.2. The first-order valence-electron chi connectivity index (χ1n) is 28.9. The molecule has 1 saturated heterocycles. The van der Waals surface area contributed by atoms with Gasteiger partial charge in [0.25, 0.3) is 5.91 Å². The number of aromatic nitrogens is 1. The van der Waals surface area contributed by atoms with E-state index in [4.69, 9.17) is 21.4 Å². The molecule has 476 valence electrons. The maximum atomic E-state index is 14.8. The second-order valence-corrected chi connectivity index (χ2v) is 23.8. The molecule has 3 aliphatic heterocycles. The molecule has 2 aromatic rings. The average molecular weight is 1260 g/mol. The molecule has 4 heterocycles. The Morgan fingerprint density at radius 2 is 1.47 bits per heavy atom. The molecule has 0 radical (unpaired) electrons. The molecule has 27 nitrogen and oxygen atoms in total. The lowest BCUT2D eigenvalue weighted by Gasteiger charge is -2.31. The fourth-order valence-corrected chi connectivity index (χ4v) is 11.5. The van der Waals surface area contributed by atoms with Gasteiger partial charge < -0.3 is 67.2 Å². The lowest BCUT2D eigenvalue weighted by molar-refractivity contribution is -0.148. The van der Waals surface area contributed by atoms with Crippen molar-refractivity contribution in [2.45, 2.75) is 141 Å². The van der Waals surface area contributed by atoms with E-state index in [1.165, 1.54) is 13.8 Å². The molecule has 3 aliphatic rings. The first-order chi connectivity index (χ1) is 41.1. The number of hydrogen-bond donors (Lipinski definition) is 11. The van der Waals surface area contributed by atoms with E-state index >= 15 is 0 Å². The number of carboxylic acid groups (broad SMARTS) is 2. The standard InChI is InChI=1S/C58H78ClN9O18S/c1-7-28(3)49-44(73)19-33-18-39-38-17-32(16-36(70)23-61-51(78)30(5)15-35(69)11-13-86-14-12-60-54(81)48(59)31(6)58(84)85)9-10-40(38)65-56(39)87-27-41(64-45(74)24-63-55(82)50(29(4)8-2)66-46(75)25-62-52(33)79)43(72)20-34(21-47(76)77)57(83)68-26-37(71)22-42(68)53(80)67-49/h9-10,17,28-30,33-34,37,41-42,49-50,65,71H,7-8,11-16,18-27H2,1-6H3,(H,60,81)(H,61,78)(H,62,79)(H,63,82)(H,64,74)(H,66,75)(H,67,80)(H,76,77)(H,84,85)/b48-31+/t28?,29-,30?,33+,34-,37+,41-,42-,49-,50-/m0/s1. The first kappa shape index (κ1) is 70.2. The Bertz CT molecular complexity index is 3020. The second kappa shape index (κ2) is 33.0. The van der Waals surface area contributed by atoms with E-state index in [1.807, 2.05) is 0 Å². The number of H-pyrrole nitrogens is 1. The van der Waals surface area contributed by atoms with Gasteiger partial charge in [-0.3, -0.25) is 62.3 Å². The van der Waals surface area contributed by atoms with Crippen molar-refractivity contribution in [1.29, 1.82) is 0 Å². The summed E-state index contributed by atoms with van der Waals surface area (Å²) in [4.78, 5) is 193. The third-order valence-electron chi connectivity index (χ3n) is 15.7. The number of amides is 8. The number of benzene rings is 1. The van der Waals surface area contributed by atoms with Gasteiger partial charge in [-0.25, -0.2) is 4.79 Å². The molecule has 1 fully saturated rings. The van der Waals surface area contributed by atoms with Crippen LogP contribution < -0.4 is 37.2 Å². The van der Waals surface area contributed by atoms with E-state index in [1.54, 1.807) is 45.9 Å². The highest BCUT2D eigenvalue weighted by Crippen LogP contribution is 2.35. The van der Waals surface area contributed by atoms with Gasteiger partial charge in [0.2, 0.25) is 41.4 Å². The van der Waals surface area contributed by atoms with Crippen molar-refractivity contribution < 1.29 is 87.2 Å². The lowest BCUT2D eigenvalue weighted by atomic mass is 9.86. The second-order valence-electron chi connectivity index (χ2n) is 22.4. The maximum absolute atomic E-state index is 14.8. The number of aromatic amines is 1. The highest BCUT2D eigenvalue weighted by atomic mass is 35.5. The minimum Gasteiger partial charge on any atom is -0.481 e. The van der Waals surface area contributed by atoms with E-state index in [0.29, 0.717) is 39.9 Å². The van der Waals surface area contributed by atoms with Crippen LogP contribution in [0.3, 0.4) is 0 Å². The number of ketones is 4. The van der Waals surface area contributed by atoms with Gasteiger partial charge in [-0.05, 0) is 48.4 Å². The number of rotatable bonds is 21. The number of Topliss-reactive ketones (excluding diaryl/α,β-unsaturated/α-hetero) is 4. The van der Waals surface area contributed by atoms with Crippen LogP contribution >= 0.6 is 23.4 Å². The fraction of sp³-hybridized carbons (Fsp3) is 0.586. The number of nitrogens with one attached hydrogen (secondary N) is 8. The van der Waals surface area contributed by atoms with Crippen LogP contribution in [-0.4, -0.2) is 189 Å². The molecule has 1 aromatic heterocycles. The fourth-order valence-electron chi connectivity index (χ4n) is 10.2. The van der Waals surface area contributed by atoms with Gasteiger partial charge in [-0.2, -0.15) is 0 Å². The Labute approximate surface area is 511 Å². The summed E-state index contributed by atoms with van der Waals surface area (Å²) in [6.07, 6.45) is -3.76. The summed E-state index contributed by atoms with van der Waals surface area (Å²) in [6.45, 7) is 7.32. The summed E-state index contributed by atoms with van der Waals surface area (Å²) in [7, 11) is 0. The van der Waals surface area contributed by atoms with Crippen molar-refractivity contribution in [3.63, 3.8) is 0 Å². The lowest BCUT2D eigenvalue weighted by Crippen LogP contribution is -2.55. The highest BCUT2D eigenvalue weighted by molar-refractivity contribution is 7.99. The average Bonchev–Trinajstić information content (AvgIpc) is 1.80. The Balaban J connectivity index is 1.47. The number of halogens is 1. The third-order valence-corrected chi connectivity index (χ3v) is 17.3. The van der Waals surface area contributed by atoms with Crippen molar-refractivity contribution in [3.8, 4) is 0 Å². The zero-order valence-corrected chi connectivity index (χ0v) is 51.0. The Hall–Kier alpha value is -7.56. The minimum absolute atomic E-state index is 0.0173. The van der Waals surface area contributed by atoms with Gasteiger partial charge in [-0.15, -0.1) is 11.8 Å². The molecule has 2 bridgehead atoms. The molecule has 29 heteroatoms. The van der Waals surface area contributed by atoms with E-state index in [9.17, 15) is 77.3 Å². The van der Waals surface area contributed by atoms with Crippen molar-refractivity contribution in [2.75, 3.05) is 51.7 Å². The number of thioether (sulfide) groups is 1. The van der Waals surface area contributed by atoms with E-state index in [-0.39, 0.29) is 69.0 Å². The van der Waals surface area contributed by atoms with Crippen LogP contribution in [0.4, 0.5) is 0 Å². The SMILES string of the molecule is CCC(C)[C@@H]1NC(=O)[C@@H]2C[C@@H](O)CN2C(=O)[C@H](CC(=O)O)CC(=O)[C@@H]2CSc3[nH]c4ccc(CC(=O)CNC(=O)C(C)CC(=O)CCOCCNC(=O)/C(Cl)=C(/C)C(=O)O)cc4c3C[C@H](CC1=O)C(=O)NCC(=O)N[C@@H]([C@@H](C)CC)C(=O)NCC(=O)N2. The van der Waals surface area contributed by atoms with Crippen LogP contribution in [0.5, 0.6) is 0 Å². The van der Waals surface area contributed by atoms with Crippen molar-refractivity contribution in [1.82, 2.24) is 47.1 Å². The van der Waals surface area contributed by atoms with Crippen molar-refractivity contribution >= 4 is 117 Å². The smallest absolute Gasteiger partial charge is 0.332 e. The molecular weight excluding hydrogens is 1180 g/mol. The number of fused-ring (bicyclic) bond motifs is 5. The quantitative estimate of drug-likeness (QED) is 0.0585. The number of carboxylic acids is 2. The van der Waals surface area contributed by atoms with Gasteiger partial charge >= 0.3 is 11.9 Å². The summed E-state index contributed by atoms with van der Waals surface area (Å²) in [5.41, 5.74) is 0.938. The summed E-state index contributed by atoms with van der Waals surface area (Å²) in [6, 6.07) is -0.459. The molecule has 2 unspecified atom stereocenters. The summed E-state index contributed by atoms with van der Waals surface area (Å²) in [5.74, 6) is -16.5. The summed E-state index contributed by atoms with van der Waals surface area (Å²) >= 11 is 6.76. The zero-order chi connectivity index (χ0) is 64.4. The topological polar surface area (TPSA) is 412 Å². The highest BCUT2D eigenvalue weighted by Gasteiger charge is 2.44. The van der Waals surface area contributed by atoms with Crippen LogP contribution in [0.25, 0.3) is 10.9 Å². The predicted octanol–water partition coefficient (Wildman–Crippen LogP) is 0.139. The van der Waals surface area contributed by atoms with Crippen LogP contribution in [0.15, 0.2) is 33.8 Å². The molecular formula is C58H78ClN9O18S. The maximum Gasteiger partial charge on any atom is 0.332 e. The van der Waals surface area contributed by atoms with Crippen molar-refractivity contribution in [2.24, 2.45) is 29.6 Å². The molecule has 10 atom stereocenters. The Kier molecular flexibility index (Phi) is 26.6. The van der Waals surface area contributed by atoms with Crippen LogP contribution in [0, 0.1) is 29.6 Å². The number of aliphatic hydroxyl groups excluding tert-OH is 1. The van der Waals surface area contributed by atoms with Gasteiger partial charge in [0.1, 0.15) is 22.9 Å². The van der Waals surface area contributed by atoms with Crippen LogP contribution in [0.1, 0.15) is 104 Å². The number of aliphatic carboxylic acids is 2. The molecule has 87 heavy (non-hydrogen) atoms. The first-order valence-corrected chi connectivity index (χ1v) is 30.2. The molecule has 5 rings (SSSR count). The number of aliphatic hydroxyl groups is 1. The van der Waals surface area contributed by atoms with Gasteiger partial charge in [0.05, 0.1) is 74.0 Å². The zero-order valence-electron chi connectivity index (χ0n) is 49.4. The monoisotopic (exact) mass is 1260 g/mol. The molecule has 0 aliphatic carbocycles. The number of carbonyl (C=O) groups excluding carboxylic acids is 12. The van der Waals surface area contributed by atoms with Crippen LogP contribution in [0.2, 0.25) is 0 Å². The normalized spacial score (nSPS) is 23.5. The largest absolute Gasteiger partial charge is 0.481 e. The van der Waals surface area contributed by atoms with E-state index in [0.717, 1.165) is 16.7 Å². The molecule has 0 saturated carbocycles. The van der Waals surface area contributed by atoms with E-state index < -0.39 is 187 Å². The van der Waals surface area contributed by atoms with Gasteiger partial charge in [-0.1, -0.05) is 65.1 Å². The van der Waals surface area contributed by atoms with Gasteiger partial charge in [0, 0.05) is 80.1 Å². The Morgan fingerprint density at radius 3 is 2.14 bits per heavy atom. The number of hydrogen-bond acceptors (Lipinski definition) is 17. The minimum atomic E-state index is -1.61. The number of carbonyl (C=O) groups is 14. The van der Waals surface area contributed by atoms with Crippen molar-refractivity contribution in [3.05, 3.63) is 39.9 Å². The summed E-state index contributed by atoms with van der Waals surface area (Å²) < 4.78 is 5.38. The van der Waals surface area contributed by atoms with E-state index in [2.05, 4.69) is 42.2 Å². The predicted molar refractivity (Wildman–Crippen MR) is 313 cm³/mol.